The standard InChI is InChI=1S/C18H19FN2O2/c1-11-8-9-14(10-12(11)2)18(23)20-13(3)17(22)21-16-7-5-4-6-15(16)19/h4-10,13H,1-3H3,(H,20,23)(H,21,22). The molecule has 0 aliphatic heterocycles. The Bertz CT molecular complexity index is 744. The molecule has 0 aromatic heterocycles. The molecule has 2 aromatic rings. The van der Waals surface area contributed by atoms with Crippen molar-refractivity contribution in [2.75, 3.05) is 5.32 Å². The summed E-state index contributed by atoms with van der Waals surface area (Å²) in [6, 6.07) is 10.4. The number of rotatable bonds is 4. The van der Waals surface area contributed by atoms with Crippen LogP contribution in [-0.4, -0.2) is 17.9 Å². The zero-order valence-corrected chi connectivity index (χ0v) is 13.3. The second-order valence-electron chi connectivity index (χ2n) is 5.46. The van der Waals surface area contributed by atoms with E-state index in [1.54, 1.807) is 25.1 Å². The van der Waals surface area contributed by atoms with E-state index in [-0.39, 0.29) is 11.6 Å². The van der Waals surface area contributed by atoms with Crippen molar-refractivity contribution in [2.24, 2.45) is 0 Å². The number of aryl methyl sites for hydroxylation is 2. The second-order valence-corrected chi connectivity index (χ2v) is 5.46. The quantitative estimate of drug-likeness (QED) is 0.910. The summed E-state index contributed by atoms with van der Waals surface area (Å²) in [4.78, 5) is 24.2. The largest absolute Gasteiger partial charge is 0.341 e. The van der Waals surface area contributed by atoms with Gasteiger partial charge in [0.05, 0.1) is 5.69 Å². The number of hydrogen-bond acceptors (Lipinski definition) is 2. The molecule has 4 nitrogen and oxygen atoms in total. The Hall–Kier alpha value is -2.69. The number of carbonyl (C=O) groups excluding carboxylic acids is 2. The first-order valence-corrected chi connectivity index (χ1v) is 7.32. The number of benzene rings is 2. The number of nitrogens with one attached hydrogen (secondary N) is 2. The van der Waals surface area contributed by atoms with Crippen molar-refractivity contribution in [1.29, 1.82) is 0 Å². The molecule has 0 aliphatic rings. The summed E-state index contributed by atoms with van der Waals surface area (Å²) >= 11 is 0. The average molecular weight is 314 g/mol. The summed E-state index contributed by atoms with van der Waals surface area (Å²) in [5, 5.41) is 5.07. The van der Waals surface area contributed by atoms with Gasteiger partial charge in [-0.3, -0.25) is 9.59 Å². The van der Waals surface area contributed by atoms with Gasteiger partial charge in [-0.05, 0) is 56.2 Å². The lowest BCUT2D eigenvalue weighted by atomic mass is 10.1. The SMILES string of the molecule is Cc1ccc(C(=O)NC(C)C(=O)Nc2ccccc2F)cc1C. The summed E-state index contributed by atoms with van der Waals surface area (Å²) < 4.78 is 13.5. The predicted molar refractivity (Wildman–Crippen MR) is 87.9 cm³/mol. The molecule has 0 heterocycles. The molecule has 2 N–H and O–H groups in total. The highest BCUT2D eigenvalue weighted by Crippen LogP contribution is 2.13. The molecular weight excluding hydrogens is 295 g/mol. The topological polar surface area (TPSA) is 58.2 Å². The van der Waals surface area contributed by atoms with Crippen molar-refractivity contribution in [1.82, 2.24) is 5.32 Å². The maximum atomic E-state index is 13.5. The number of para-hydroxylation sites is 1. The van der Waals surface area contributed by atoms with Crippen LogP contribution in [0.2, 0.25) is 0 Å². The highest BCUT2D eigenvalue weighted by Gasteiger charge is 2.18. The van der Waals surface area contributed by atoms with Crippen molar-refractivity contribution in [3.63, 3.8) is 0 Å². The summed E-state index contributed by atoms with van der Waals surface area (Å²) in [6.45, 7) is 5.43. The van der Waals surface area contributed by atoms with E-state index < -0.39 is 17.8 Å². The Kier molecular flexibility index (Phi) is 5.11. The minimum absolute atomic E-state index is 0.0878. The fourth-order valence-electron chi connectivity index (χ4n) is 2.03. The normalized spacial score (nSPS) is 11.7. The number of carbonyl (C=O) groups is 2. The van der Waals surface area contributed by atoms with Gasteiger partial charge in [-0.15, -0.1) is 0 Å². The van der Waals surface area contributed by atoms with E-state index in [2.05, 4.69) is 10.6 Å². The summed E-state index contributed by atoms with van der Waals surface area (Å²) in [7, 11) is 0. The van der Waals surface area contributed by atoms with Gasteiger partial charge in [-0.2, -0.15) is 0 Å². The van der Waals surface area contributed by atoms with Crippen LogP contribution < -0.4 is 10.6 Å². The minimum Gasteiger partial charge on any atom is -0.341 e. The van der Waals surface area contributed by atoms with Gasteiger partial charge in [0.1, 0.15) is 11.9 Å². The van der Waals surface area contributed by atoms with Gasteiger partial charge in [0, 0.05) is 5.56 Å². The van der Waals surface area contributed by atoms with Crippen LogP contribution in [0, 0.1) is 19.7 Å². The van der Waals surface area contributed by atoms with Crippen LogP contribution in [0.5, 0.6) is 0 Å². The molecule has 1 atom stereocenters. The van der Waals surface area contributed by atoms with Crippen LogP contribution in [-0.2, 0) is 4.79 Å². The summed E-state index contributed by atoms with van der Waals surface area (Å²) in [5.41, 5.74) is 2.66. The Balaban J connectivity index is 2.01. The minimum atomic E-state index is -0.788. The van der Waals surface area contributed by atoms with Gasteiger partial charge < -0.3 is 10.6 Å². The van der Waals surface area contributed by atoms with Crippen LogP contribution in [0.25, 0.3) is 0 Å². The molecule has 0 radical (unpaired) electrons. The zero-order valence-electron chi connectivity index (χ0n) is 13.3. The molecule has 120 valence electrons. The number of hydrogen-bond donors (Lipinski definition) is 2. The molecule has 1 unspecified atom stereocenters. The van der Waals surface area contributed by atoms with Crippen molar-refractivity contribution >= 4 is 17.5 Å². The van der Waals surface area contributed by atoms with Crippen molar-refractivity contribution < 1.29 is 14.0 Å². The van der Waals surface area contributed by atoms with Crippen molar-refractivity contribution in [3.8, 4) is 0 Å². The fourth-order valence-corrected chi connectivity index (χ4v) is 2.03. The molecule has 0 fully saturated rings. The van der Waals surface area contributed by atoms with Gasteiger partial charge >= 0.3 is 0 Å². The molecule has 0 bridgehead atoms. The molecule has 5 heteroatoms. The van der Waals surface area contributed by atoms with Crippen molar-refractivity contribution in [2.45, 2.75) is 26.8 Å². The third-order valence-corrected chi connectivity index (χ3v) is 3.64. The molecule has 0 aliphatic carbocycles. The van der Waals surface area contributed by atoms with E-state index >= 15 is 0 Å². The number of halogens is 1. The van der Waals surface area contributed by atoms with Crippen LogP contribution in [0.3, 0.4) is 0 Å². The van der Waals surface area contributed by atoms with Gasteiger partial charge in [0.25, 0.3) is 5.91 Å². The molecule has 0 saturated heterocycles. The third-order valence-electron chi connectivity index (χ3n) is 3.64. The molecule has 2 rings (SSSR count). The highest BCUT2D eigenvalue weighted by atomic mass is 19.1. The first-order chi connectivity index (χ1) is 10.9. The lowest BCUT2D eigenvalue weighted by molar-refractivity contribution is -0.117. The molecular formula is C18H19FN2O2. The number of amides is 2. The van der Waals surface area contributed by atoms with E-state index in [9.17, 15) is 14.0 Å². The van der Waals surface area contributed by atoms with E-state index in [0.717, 1.165) is 11.1 Å². The maximum absolute atomic E-state index is 13.5. The molecule has 23 heavy (non-hydrogen) atoms. The van der Waals surface area contributed by atoms with E-state index in [1.807, 2.05) is 19.9 Å². The second kappa shape index (κ2) is 7.05. The van der Waals surface area contributed by atoms with Gasteiger partial charge in [-0.1, -0.05) is 18.2 Å². The molecule has 2 amide bonds. The van der Waals surface area contributed by atoms with Gasteiger partial charge in [0.2, 0.25) is 5.91 Å². The Morgan fingerprint density at radius 2 is 1.74 bits per heavy atom. The van der Waals surface area contributed by atoms with E-state index in [0.29, 0.717) is 5.56 Å². The monoisotopic (exact) mass is 314 g/mol. The Morgan fingerprint density at radius 1 is 1.04 bits per heavy atom. The van der Waals surface area contributed by atoms with Crippen LogP contribution in [0.4, 0.5) is 10.1 Å². The summed E-state index contributed by atoms with van der Waals surface area (Å²) in [6.07, 6.45) is 0. The Labute approximate surface area is 134 Å². The van der Waals surface area contributed by atoms with Crippen LogP contribution >= 0.6 is 0 Å². The number of anilines is 1. The Morgan fingerprint density at radius 3 is 2.39 bits per heavy atom. The molecule has 0 spiro atoms. The lowest BCUT2D eigenvalue weighted by Crippen LogP contribution is -2.41. The average Bonchev–Trinajstić information content (AvgIpc) is 2.52. The fraction of sp³-hybridized carbons (Fsp3) is 0.222. The third kappa shape index (κ3) is 4.16. The zero-order chi connectivity index (χ0) is 17.0. The first kappa shape index (κ1) is 16.7. The molecule has 2 aromatic carbocycles. The lowest BCUT2D eigenvalue weighted by Gasteiger charge is -2.15. The highest BCUT2D eigenvalue weighted by molar-refractivity contribution is 6.01. The van der Waals surface area contributed by atoms with Gasteiger partial charge in [0.15, 0.2) is 0 Å². The van der Waals surface area contributed by atoms with Gasteiger partial charge in [-0.25, -0.2) is 4.39 Å². The predicted octanol–water partition coefficient (Wildman–Crippen LogP) is 3.20. The van der Waals surface area contributed by atoms with E-state index in [4.69, 9.17) is 0 Å². The summed E-state index contributed by atoms with van der Waals surface area (Å²) in [5.74, 6) is -1.34. The maximum Gasteiger partial charge on any atom is 0.251 e. The van der Waals surface area contributed by atoms with Crippen LogP contribution in [0.15, 0.2) is 42.5 Å². The smallest absolute Gasteiger partial charge is 0.251 e. The van der Waals surface area contributed by atoms with Crippen LogP contribution in [0.1, 0.15) is 28.4 Å². The first-order valence-electron chi connectivity index (χ1n) is 7.32. The van der Waals surface area contributed by atoms with E-state index in [1.165, 1.54) is 18.2 Å². The van der Waals surface area contributed by atoms with Crippen molar-refractivity contribution in [3.05, 3.63) is 65.0 Å². The molecule has 0 saturated carbocycles.